The molecule has 1 heterocycles. The molecule has 0 saturated heterocycles. The molecule has 2 aromatic rings. The largest absolute Gasteiger partial charge is 0.310 e. The second-order valence-electron chi connectivity index (χ2n) is 4.87. The van der Waals surface area contributed by atoms with E-state index < -0.39 is 0 Å². The van der Waals surface area contributed by atoms with Crippen molar-refractivity contribution in [3.05, 3.63) is 61.8 Å². The van der Waals surface area contributed by atoms with Crippen LogP contribution in [0, 0.1) is 0 Å². The molecule has 0 fully saturated rings. The van der Waals surface area contributed by atoms with Crippen LogP contribution in [0.3, 0.4) is 0 Å². The summed E-state index contributed by atoms with van der Waals surface area (Å²) in [5.74, 6) is 0. The molecule has 1 unspecified atom stereocenters. The van der Waals surface area contributed by atoms with Crippen molar-refractivity contribution in [1.82, 2.24) is 10.3 Å². The molecule has 0 aliphatic carbocycles. The maximum Gasteiger partial charge on any atom is 0.0595 e. The molecule has 1 aromatic carbocycles. The first-order valence-electron chi connectivity index (χ1n) is 6.88. The average Bonchev–Trinajstić information content (AvgIpc) is 2.47. The van der Waals surface area contributed by atoms with Gasteiger partial charge in [0, 0.05) is 27.4 Å². The van der Waals surface area contributed by atoms with E-state index in [4.69, 9.17) is 11.6 Å². The molecule has 0 aliphatic rings. The molecule has 1 N–H and O–H groups in total. The Morgan fingerprint density at radius 3 is 2.81 bits per heavy atom. The summed E-state index contributed by atoms with van der Waals surface area (Å²) in [4.78, 5) is 4.23. The Morgan fingerprint density at radius 1 is 1.29 bits per heavy atom. The van der Waals surface area contributed by atoms with Crippen LogP contribution < -0.4 is 5.32 Å². The predicted molar refractivity (Wildman–Crippen MR) is 95.8 cm³/mol. The fourth-order valence-electron chi connectivity index (χ4n) is 2.20. The molecule has 112 valence electrons. The molecule has 0 amide bonds. The summed E-state index contributed by atoms with van der Waals surface area (Å²) in [5.41, 5.74) is 2.29. The van der Waals surface area contributed by atoms with Gasteiger partial charge in [-0.05, 0) is 74.5 Å². The first-order chi connectivity index (χ1) is 10.1. The molecule has 2 nitrogen and oxygen atoms in total. The fourth-order valence-corrected chi connectivity index (χ4v) is 3.25. The van der Waals surface area contributed by atoms with E-state index in [-0.39, 0.29) is 6.04 Å². The minimum Gasteiger partial charge on any atom is -0.310 e. The van der Waals surface area contributed by atoms with E-state index in [1.807, 2.05) is 18.3 Å². The molecule has 21 heavy (non-hydrogen) atoms. The Balaban J connectivity index is 2.27. The van der Waals surface area contributed by atoms with Gasteiger partial charge >= 0.3 is 0 Å². The highest BCUT2D eigenvalue weighted by molar-refractivity contribution is 9.10. The number of hydrogen-bond donors (Lipinski definition) is 1. The Labute approximate surface area is 147 Å². The third-order valence-corrected chi connectivity index (χ3v) is 4.94. The molecule has 1 aromatic heterocycles. The van der Waals surface area contributed by atoms with E-state index in [2.05, 4.69) is 61.2 Å². The van der Waals surface area contributed by atoms with Crippen LogP contribution in [0.2, 0.25) is 5.02 Å². The van der Waals surface area contributed by atoms with Gasteiger partial charge in [-0.15, -0.1) is 0 Å². The number of nitrogens with zero attached hydrogens (tertiary/aromatic N) is 1. The van der Waals surface area contributed by atoms with E-state index in [1.165, 1.54) is 5.56 Å². The SMILES string of the molecule is CCCNC(Cc1cncc(Br)c1)c1cccc(Br)c1Cl. The first kappa shape index (κ1) is 16.9. The molecular formula is C16H17Br2ClN2. The minimum absolute atomic E-state index is 0.172. The standard InChI is InChI=1S/C16H17Br2ClN2/c1-2-6-21-15(8-11-7-12(17)10-20-9-11)13-4-3-5-14(18)16(13)19/h3-5,7,9-10,15,21H,2,6,8H2,1H3. The smallest absolute Gasteiger partial charge is 0.0595 e. The van der Waals surface area contributed by atoms with Crippen molar-refractivity contribution in [2.45, 2.75) is 25.8 Å². The molecule has 0 aliphatic heterocycles. The number of rotatable bonds is 6. The van der Waals surface area contributed by atoms with Crippen molar-refractivity contribution in [3.63, 3.8) is 0 Å². The number of halogens is 3. The number of benzene rings is 1. The van der Waals surface area contributed by atoms with Crippen LogP contribution in [0.25, 0.3) is 0 Å². The Bertz CT molecular complexity index is 605. The maximum absolute atomic E-state index is 6.45. The molecule has 0 saturated carbocycles. The van der Waals surface area contributed by atoms with Gasteiger partial charge in [-0.25, -0.2) is 0 Å². The van der Waals surface area contributed by atoms with E-state index in [9.17, 15) is 0 Å². The van der Waals surface area contributed by atoms with Gasteiger partial charge in [0.1, 0.15) is 0 Å². The van der Waals surface area contributed by atoms with Crippen LogP contribution in [-0.2, 0) is 6.42 Å². The molecule has 0 bridgehead atoms. The molecular weight excluding hydrogens is 415 g/mol. The van der Waals surface area contributed by atoms with Crippen molar-refractivity contribution in [2.24, 2.45) is 0 Å². The van der Waals surface area contributed by atoms with Gasteiger partial charge in [-0.1, -0.05) is 30.7 Å². The van der Waals surface area contributed by atoms with E-state index in [1.54, 1.807) is 6.20 Å². The zero-order valence-corrected chi connectivity index (χ0v) is 15.7. The summed E-state index contributed by atoms with van der Waals surface area (Å²) < 4.78 is 1.92. The van der Waals surface area contributed by atoms with Crippen LogP contribution in [0.4, 0.5) is 0 Å². The zero-order valence-electron chi connectivity index (χ0n) is 11.7. The Hall–Kier alpha value is -0.420. The first-order valence-corrected chi connectivity index (χ1v) is 8.85. The van der Waals surface area contributed by atoms with E-state index in [0.717, 1.165) is 38.9 Å². The van der Waals surface area contributed by atoms with Gasteiger partial charge in [-0.2, -0.15) is 0 Å². The summed E-state index contributed by atoms with van der Waals surface area (Å²) in [6.07, 6.45) is 5.63. The normalized spacial score (nSPS) is 12.4. The topological polar surface area (TPSA) is 24.9 Å². The van der Waals surface area contributed by atoms with Crippen LogP contribution >= 0.6 is 43.5 Å². The van der Waals surface area contributed by atoms with Crippen LogP contribution in [0.15, 0.2) is 45.6 Å². The highest BCUT2D eigenvalue weighted by Gasteiger charge is 2.16. The van der Waals surface area contributed by atoms with Crippen molar-refractivity contribution in [1.29, 1.82) is 0 Å². The summed E-state index contributed by atoms with van der Waals surface area (Å²) in [7, 11) is 0. The lowest BCUT2D eigenvalue weighted by Crippen LogP contribution is -2.24. The van der Waals surface area contributed by atoms with Crippen LogP contribution in [0.5, 0.6) is 0 Å². The third kappa shape index (κ3) is 4.78. The molecule has 0 radical (unpaired) electrons. The minimum atomic E-state index is 0.172. The number of pyridine rings is 1. The van der Waals surface area contributed by atoms with Crippen molar-refractivity contribution in [2.75, 3.05) is 6.54 Å². The van der Waals surface area contributed by atoms with Crippen LogP contribution in [0.1, 0.15) is 30.5 Å². The Kier molecular flexibility index (Phi) is 6.68. The van der Waals surface area contributed by atoms with Crippen molar-refractivity contribution in [3.8, 4) is 0 Å². The highest BCUT2D eigenvalue weighted by Crippen LogP contribution is 2.32. The summed E-state index contributed by atoms with van der Waals surface area (Å²) in [6.45, 7) is 3.11. The van der Waals surface area contributed by atoms with Gasteiger partial charge < -0.3 is 5.32 Å². The number of nitrogens with one attached hydrogen (secondary N) is 1. The van der Waals surface area contributed by atoms with Gasteiger partial charge in [0.15, 0.2) is 0 Å². The van der Waals surface area contributed by atoms with Gasteiger partial charge in [0.2, 0.25) is 0 Å². The zero-order chi connectivity index (χ0) is 15.2. The second kappa shape index (κ2) is 8.28. The van der Waals surface area contributed by atoms with E-state index >= 15 is 0 Å². The summed E-state index contributed by atoms with van der Waals surface area (Å²) in [5, 5.41) is 4.35. The quantitative estimate of drug-likeness (QED) is 0.648. The summed E-state index contributed by atoms with van der Waals surface area (Å²) >= 11 is 13.4. The van der Waals surface area contributed by atoms with Crippen LogP contribution in [-0.4, -0.2) is 11.5 Å². The second-order valence-corrected chi connectivity index (χ2v) is 7.01. The average molecular weight is 433 g/mol. The fraction of sp³-hybridized carbons (Fsp3) is 0.312. The highest BCUT2D eigenvalue weighted by atomic mass is 79.9. The monoisotopic (exact) mass is 430 g/mol. The predicted octanol–water partition coefficient (Wildman–Crippen LogP) is 5.54. The lowest BCUT2D eigenvalue weighted by molar-refractivity contribution is 0.528. The van der Waals surface area contributed by atoms with Crippen molar-refractivity contribution >= 4 is 43.5 Å². The van der Waals surface area contributed by atoms with Gasteiger partial charge in [0.25, 0.3) is 0 Å². The van der Waals surface area contributed by atoms with Gasteiger partial charge in [-0.3, -0.25) is 4.98 Å². The van der Waals surface area contributed by atoms with E-state index in [0.29, 0.717) is 0 Å². The summed E-state index contributed by atoms with van der Waals surface area (Å²) in [6, 6.07) is 8.32. The maximum atomic E-state index is 6.45. The lowest BCUT2D eigenvalue weighted by atomic mass is 9.99. The van der Waals surface area contributed by atoms with Gasteiger partial charge in [0.05, 0.1) is 5.02 Å². The molecule has 0 spiro atoms. The Morgan fingerprint density at radius 2 is 2.10 bits per heavy atom. The lowest BCUT2D eigenvalue weighted by Gasteiger charge is -2.21. The third-order valence-electron chi connectivity index (χ3n) is 3.20. The number of hydrogen-bond acceptors (Lipinski definition) is 2. The van der Waals surface area contributed by atoms with Crippen molar-refractivity contribution < 1.29 is 0 Å². The molecule has 5 heteroatoms. The molecule has 1 atom stereocenters. The molecule has 2 rings (SSSR count). The number of aromatic nitrogens is 1.